The Morgan fingerprint density at radius 2 is 2.28 bits per heavy atom. The monoisotopic (exact) mass is 315 g/mol. The lowest BCUT2D eigenvalue weighted by Crippen LogP contribution is -2.40. The molecule has 0 spiro atoms. The molecule has 2 rings (SSSR count). The number of nitrogens with one attached hydrogen (secondary N) is 1. The van der Waals surface area contributed by atoms with Crippen molar-refractivity contribution in [2.45, 2.75) is 31.4 Å². The van der Waals surface area contributed by atoms with Crippen LogP contribution in [0.25, 0.3) is 0 Å². The number of hydrogen-bond donors (Lipinski definition) is 1. The van der Waals surface area contributed by atoms with Crippen LogP contribution in [0.5, 0.6) is 0 Å². The van der Waals surface area contributed by atoms with Gasteiger partial charge in [-0.1, -0.05) is 0 Å². The molecule has 1 fully saturated rings. The number of benzene rings is 1. The fourth-order valence-corrected chi connectivity index (χ4v) is 2.82. The van der Waals surface area contributed by atoms with Gasteiger partial charge in [0.1, 0.15) is 5.82 Å². The second-order valence-corrected chi connectivity index (χ2v) is 5.26. The Balaban J connectivity index is 2.07. The molecule has 0 heterocycles. The maximum atomic E-state index is 13.0. The van der Waals surface area contributed by atoms with Crippen molar-refractivity contribution in [3.8, 4) is 0 Å². The van der Waals surface area contributed by atoms with E-state index < -0.39 is 0 Å². The Morgan fingerprint density at radius 1 is 1.50 bits per heavy atom. The summed E-state index contributed by atoms with van der Waals surface area (Å²) in [5.41, 5.74) is 0.443. The van der Waals surface area contributed by atoms with E-state index in [1.165, 1.54) is 18.2 Å². The number of halogens is 2. The van der Waals surface area contributed by atoms with Crippen molar-refractivity contribution in [2.24, 2.45) is 0 Å². The third kappa shape index (κ3) is 2.90. The maximum Gasteiger partial charge on any atom is 0.252 e. The molecule has 1 N–H and O–H groups in total. The molecule has 0 radical (unpaired) electrons. The van der Waals surface area contributed by atoms with Crippen LogP contribution in [0.4, 0.5) is 4.39 Å². The van der Waals surface area contributed by atoms with E-state index in [4.69, 9.17) is 4.74 Å². The van der Waals surface area contributed by atoms with Gasteiger partial charge in [0.2, 0.25) is 0 Å². The average Bonchev–Trinajstić information content (AvgIpc) is 2.76. The number of ether oxygens (including phenoxy) is 1. The Labute approximate surface area is 114 Å². The first-order valence-corrected chi connectivity index (χ1v) is 6.70. The summed E-state index contributed by atoms with van der Waals surface area (Å²) in [5, 5.41) is 2.94. The molecule has 1 aromatic carbocycles. The highest BCUT2D eigenvalue weighted by atomic mass is 79.9. The minimum absolute atomic E-state index is 0.0412. The van der Waals surface area contributed by atoms with Crippen molar-refractivity contribution in [3.63, 3.8) is 0 Å². The Hall–Kier alpha value is -0.940. The molecule has 18 heavy (non-hydrogen) atoms. The lowest BCUT2D eigenvalue weighted by Gasteiger charge is -2.19. The van der Waals surface area contributed by atoms with E-state index in [0.29, 0.717) is 10.0 Å². The summed E-state index contributed by atoms with van der Waals surface area (Å²) in [6.07, 6.45) is 3.01. The van der Waals surface area contributed by atoms with Gasteiger partial charge < -0.3 is 10.1 Å². The van der Waals surface area contributed by atoms with Crippen LogP contribution < -0.4 is 5.32 Å². The quantitative estimate of drug-likeness (QED) is 0.931. The lowest BCUT2D eigenvalue weighted by atomic mass is 10.1. The van der Waals surface area contributed by atoms with Gasteiger partial charge in [-0.15, -0.1) is 0 Å². The van der Waals surface area contributed by atoms with E-state index in [1.807, 2.05) is 0 Å². The van der Waals surface area contributed by atoms with Crippen molar-refractivity contribution in [2.75, 3.05) is 7.11 Å². The molecule has 2 unspecified atom stereocenters. The maximum absolute atomic E-state index is 13.0. The second kappa shape index (κ2) is 5.80. The third-order valence-corrected chi connectivity index (χ3v) is 3.90. The largest absolute Gasteiger partial charge is 0.379 e. The first-order valence-electron chi connectivity index (χ1n) is 5.90. The Kier molecular flexibility index (Phi) is 4.35. The minimum atomic E-state index is -0.367. The zero-order chi connectivity index (χ0) is 13.1. The van der Waals surface area contributed by atoms with Gasteiger partial charge in [0.15, 0.2) is 0 Å². The first-order chi connectivity index (χ1) is 8.61. The number of hydrogen-bond acceptors (Lipinski definition) is 2. The van der Waals surface area contributed by atoms with Gasteiger partial charge in [0, 0.05) is 11.6 Å². The molecular formula is C13H15BrFNO2. The lowest BCUT2D eigenvalue weighted by molar-refractivity contribution is 0.0721. The predicted molar refractivity (Wildman–Crippen MR) is 70.0 cm³/mol. The van der Waals surface area contributed by atoms with Crippen LogP contribution in [0.2, 0.25) is 0 Å². The Morgan fingerprint density at radius 3 is 2.94 bits per heavy atom. The van der Waals surface area contributed by atoms with Crippen molar-refractivity contribution >= 4 is 21.8 Å². The number of carbonyl (C=O) groups excluding carboxylic acids is 1. The third-order valence-electron chi connectivity index (χ3n) is 3.25. The standard InChI is InChI=1S/C13H15BrFNO2/c1-18-12-4-2-3-11(12)16-13(17)9-6-5-8(15)7-10(9)14/h5-7,11-12H,2-4H2,1H3,(H,16,17). The van der Waals surface area contributed by atoms with Crippen molar-refractivity contribution in [3.05, 3.63) is 34.1 Å². The van der Waals surface area contributed by atoms with Crippen molar-refractivity contribution < 1.29 is 13.9 Å². The topological polar surface area (TPSA) is 38.3 Å². The molecule has 1 saturated carbocycles. The number of methoxy groups -OCH3 is 1. The van der Waals surface area contributed by atoms with E-state index in [9.17, 15) is 9.18 Å². The van der Waals surface area contributed by atoms with E-state index in [-0.39, 0.29) is 23.9 Å². The minimum Gasteiger partial charge on any atom is -0.379 e. The molecule has 98 valence electrons. The van der Waals surface area contributed by atoms with E-state index >= 15 is 0 Å². The molecule has 3 nitrogen and oxygen atoms in total. The molecule has 0 bridgehead atoms. The molecule has 5 heteroatoms. The normalized spacial score (nSPS) is 23.1. The van der Waals surface area contributed by atoms with E-state index in [2.05, 4.69) is 21.2 Å². The smallest absolute Gasteiger partial charge is 0.252 e. The van der Waals surface area contributed by atoms with Gasteiger partial charge in [-0.25, -0.2) is 4.39 Å². The highest BCUT2D eigenvalue weighted by molar-refractivity contribution is 9.10. The Bertz CT molecular complexity index is 453. The number of carbonyl (C=O) groups is 1. The van der Waals surface area contributed by atoms with Gasteiger partial charge >= 0.3 is 0 Å². The predicted octanol–water partition coefficient (Wildman–Crippen LogP) is 2.89. The van der Waals surface area contributed by atoms with Crippen molar-refractivity contribution in [1.82, 2.24) is 5.32 Å². The van der Waals surface area contributed by atoms with Crippen LogP contribution in [0, 0.1) is 5.82 Å². The van der Waals surface area contributed by atoms with Crippen molar-refractivity contribution in [1.29, 1.82) is 0 Å². The molecular weight excluding hydrogens is 301 g/mol. The SMILES string of the molecule is COC1CCCC1NC(=O)c1ccc(F)cc1Br. The van der Waals surface area contributed by atoms with Crippen LogP contribution in [-0.2, 0) is 4.74 Å². The summed E-state index contributed by atoms with van der Waals surface area (Å²) < 4.78 is 18.7. The molecule has 1 aliphatic carbocycles. The van der Waals surface area contributed by atoms with E-state index in [0.717, 1.165) is 19.3 Å². The van der Waals surface area contributed by atoms with Gasteiger partial charge in [0.05, 0.1) is 17.7 Å². The molecule has 0 aromatic heterocycles. The van der Waals surface area contributed by atoms with Gasteiger partial charge in [-0.05, 0) is 53.4 Å². The van der Waals surface area contributed by atoms with Crippen LogP contribution >= 0.6 is 15.9 Å². The molecule has 0 saturated heterocycles. The summed E-state index contributed by atoms with van der Waals surface area (Å²) >= 11 is 3.20. The molecule has 1 aromatic rings. The summed E-state index contributed by atoms with van der Waals surface area (Å²) in [4.78, 5) is 12.1. The molecule has 0 aliphatic heterocycles. The molecule has 1 aliphatic rings. The number of amides is 1. The summed E-state index contributed by atoms with van der Waals surface area (Å²) in [5.74, 6) is -0.565. The zero-order valence-electron chi connectivity index (χ0n) is 10.1. The van der Waals surface area contributed by atoms with Gasteiger partial charge in [-0.2, -0.15) is 0 Å². The van der Waals surface area contributed by atoms with Gasteiger partial charge in [0.25, 0.3) is 5.91 Å². The first kappa shape index (κ1) is 13.5. The molecule has 2 atom stereocenters. The van der Waals surface area contributed by atoms with Crippen LogP contribution in [0.3, 0.4) is 0 Å². The summed E-state index contributed by atoms with van der Waals surface area (Å²) in [7, 11) is 1.66. The number of rotatable bonds is 3. The second-order valence-electron chi connectivity index (χ2n) is 4.41. The highest BCUT2D eigenvalue weighted by Gasteiger charge is 2.28. The van der Waals surface area contributed by atoms with Crippen LogP contribution in [0.1, 0.15) is 29.6 Å². The van der Waals surface area contributed by atoms with Gasteiger partial charge in [-0.3, -0.25) is 4.79 Å². The van der Waals surface area contributed by atoms with Crippen LogP contribution in [-0.4, -0.2) is 25.2 Å². The van der Waals surface area contributed by atoms with Crippen LogP contribution in [0.15, 0.2) is 22.7 Å². The fraction of sp³-hybridized carbons (Fsp3) is 0.462. The summed E-state index contributed by atoms with van der Waals surface area (Å²) in [6, 6.07) is 4.09. The highest BCUT2D eigenvalue weighted by Crippen LogP contribution is 2.23. The fourth-order valence-electron chi connectivity index (χ4n) is 2.29. The summed E-state index contributed by atoms with van der Waals surface area (Å²) in [6.45, 7) is 0. The molecule has 1 amide bonds. The van der Waals surface area contributed by atoms with E-state index in [1.54, 1.807) is 7.11 Å². The average molecular weight is 316 g/mol. The zero-order valence-corrected chi connectivity index (χ0v) is 11.7.